The Bertz CT molecular complexity index is 1090. The maximum absolute atomic E-state index is 12.3. The molecule has 0 spiro atoms. The van der Waals surface area contributed by atoms with Crippen LogP contribution >= 0.6 is 15.6 Å². The molecule has 2 aliphatic rings. The summed E-state index contributed by atoms with van der Waals surface area (Å²) in [6.07, 6.45) is -14.6. The Morgan fingerprint density at radius 3 is 2.43 bits per heavy atom. The third-order valence-corrected chi connectivity index (χ3v) is 7.98. The van der Waals surface area contributed by atoms with Crippen molar-refractivity contribution in [2.75, 3.05) is 18.9 Å². The molecule has 2 fully saturated rings. The Morgan fingerprint density at radius 2 is 1.81 bits per heavy atom. The first-order valence-corrected chi connectivity index (χ1v) is 13.5. The largest absolute Gasteiger partial charge is 0.483 e. The van der Waals surface area contributed by atoms with Gasteiger partial charge in [0, 0.05) is 12.6 Å². The van der Waals surface area contributed by atoms with Crippen molar-refractivity contribution in [3.05, 3.63) is 22.7 Å². The zero-order chi connectivity index (χ0) is 27.7. The number of anilines is 1. The highest BCUT2D eigenvalue weighted by Gasteiger charge is 2.50. The topological polar surface area (TPSA) is 303 Å². The van der Waals surface area contributed by atoms with Gasteiger partial charge in [-0.05, 0) is 6.07 Å². The fourth-order valence-electron chi connectivity index (χ4n) is 3.54. The van der Waals surface area contributed by atoms with Gasteiger partial charge >= 0.3 is 21.3 Å². The van der Waals surface area contributed by atoms with Gasteiger partial charge in [0.15, 0.2) is 6.29 Å². The van der Waals surface area contributed by atoms with Gasteiger partial charge in [-0.3, -0.25) is 13.6 Å². The van der Waals surface area contributed by atoms with Gasteiger partial charge in [-0.15, -0.1) is 0 Å². The van der Waals surface area contributed by atoms with Crippen molar-refractivity contribution in [2.45, 2.75) is 61.7 Å². The minimum absolute atomic E-state index is 0.0503. The summed E-state index contributed by atoms with van der Waals surface area (Å²) in [5.41, 5.74) is 4.62. The molecular weight excluding hydrogens is 552 g/mol. The average molecular weight is 579 g/mol. The summed E-state index contributed by atoms with van der Waals surface area (Å²) in [6.45, 7) is -1.83. The molecule has 11 atom stereocenters. The number of rotatable bonds is 10. The van der Waals surface area contributed by atoms with Gasteiger partial charge in [0.1, 0.15) is 48.7 Å². The fraction of sp³-hybridized carbons (Fsp3) is 0.750. The van der Waals surface area contributed by atoms with E-state index in [1.165, 1.54) is 12.3 Å². The van der Waals surface area contributed by atoms with E-state index in [4.69, 9.17) is 20.3 Å². The third-order valence-electron chi connectivity index (χ3n) is 5.38. The summed E-state index contributed by atoms with van der Waals surface area (Å²) in [5, 5.41) is 58.5. The number of nitrogens with zero attached hydrogens (tertiary/aromatic N) is 2. The molecule has 1 aromatic heterocycles. The highest BCUT2D eigenvalue weighted by molar-refractivity contribution is 7.61. The summed E-state index contributed by atoms with van der Waals surface area (Å²) >= 11 is 0. The quantitative estimate of drug-likeness (QED) is 0.119. The van der Waals surface area contributed by atoms with E-state index in [1.807, 2.05) is 0 Å². The predicted octanol–water partition coefficient (Wildman–Crippen LogP) is -4.11. The predicted molar refractivity (Wildman–Crippen MR) is 115 cm³/mol. The lowest BCUT2D eigenvalue weighted by atomic mass is 9.96. The van der Waals surface area contributed by atoms with Crippen molar-refractivity contribution >= 4 is 21.5 Å². The second kappa shape index (κ2) is 11.8. The molecule has 0 saturated carbocycles. The number of phosphoric acid groups is 2. The van der Waals surface area contributed by atoms with E-state index in [0.29, 0.717) is 0 Å². The molecular formula is C16H27N3O16P2. The monoisotopic (exact) mass is 579 g/mol. The highest BCUT2D eigenvalue weighted by atomic mass is 31.3. The first-order valence-electron chi connectivity index (χ1n) is 10.5. The standard InChI is InChI=1S/C16H27N3O16P2/c17-9-1-2-19(16(26)18-9)10-3-6(21)8(32-10)5-31-36(27,28)35-37(29,30)34-15-13(25)11(23)12(24)14(33-15)7(22)4-20/h1-2,6-8,10-15,20-25H,3-5H2,(H,27,28)(H,29,30)(H2,17,18,26)/t6-,7-,8+,10?,11?,12?,13?,14?,15?/m0/s1. The molecule has 2 aliphatic heterocycles. The summed E-state index contributed by atoms with van der Waals surface area (Å²) < 4.78 is 49.0. The lowest BCUT2D eigenvalue weighted by molar-refractivity contribution is -0.292. The van der Waals surface area contributed by atoms with Crippen molar-refractivity contribution in [2.24, 2.45) is 0 Å². The minimum atomic E-state index is -5.61. The van der Waals surface area contributed by atoms with Gasteiger partial charge in [-0.2, -0.15) is 9.29 Å². The number of hydrogen-bond donors (Lipinski definition) is 9. The molecule has 0 amide bonds. The fourth-order valence-corrected chi connectivity index (χ4v) is 5.69. The van der Waals surface area contributed by atoms with Crippen LogP contribution in [0.5, 0.6) is 0 Å². The van der Waals surface area contributed by atoms with Crippen molar-refractivity contribution < 1.29 is 72.4 Å². The molecule has 0 radical (unpaired) electrons. The van der Waals surface area contributed by atoms with Crippen LogP contribution in [-0.2, 0) is 32.0 Å². The number of nitrogens with two attached hydrogens (primary N) is 1. The van der Waals surface area contributed by atoms with Crippen LogP contribution in [0.25, 0.3) is 0 Å². The lowest BCUT2D eigenvalue weighted by Crippen LogP contribution is -2.61. The summed E-state index contributed by atoms with van der Waals surface area (Å²) in [5.74, 6) is -0.0503. The van der Waals surface area contributed by atoms with Gasteiger partial charge in [0.25, 0.3) is 0 Å². The van der Waals surface area contributed by atoms with Gasteiger partial charge in [-0.1, -0.05) is 0 Å². The molecule has 1 aromatic rings. The van der Waals surface area contributed by atoms with Crippen LogP contribution in [0.4, 0.5) is 5.82 Å². The first-order chi connectivity index (χ1) is 17.1. The molecule has 0 aromatic carbocycles. The van der Waals surface area contributed by atoms with Crippen LogP contribution in [0.3, 0.4) is 0 Å². The number of nitrogen functional groups attached to an aromatic ring is 1. The van der Waals surface area contributed by atoms with Crippen LogP contribution in [0.1, 0.15) is 12.6 Å². The molecule has 2 saturated heterocycles. The Balaban J connectivity index is 1.59. The molecule has 19 nitrogen and oxygen atoms in total. The van der Waals surface area contributed by atoms with E-state index in [0.717, 1.165) is 4.57 Å². The number of ether oxygens (including phenoxy) is 2. The minimum Gasteiger partial charge on any atom is -0.394 e. The zero-order valence-electron chi connectivity index (χ0n) is 18.7. The van der Waals surface area contributed by atoms with Gasteiger partial charge in [0.2, 0.25) is 0 Å². The van der Waals surface area contributed by atoms with E-state index in [1.54, 1.807) is 0 Å². The van der Waals surface area contributed by atoms with Crippen molar-refractivity contribution in [1.82, 2.24) is 9.55 Å². The lowest BCUT2D eigenvalue weighted by Gasteiger charge is -2.41. The third kappa shape index (κ3) is 7.39. The molecule has 3 heterocycles. The summed E-state index contributed by atoms with van der Waals surface area (Å²) in [7, 11) is -11.0. The molecule has 10 N–H and O–H groups in total. The Morgan fingerprint density at radius 1 is 1.14 bits per heavy atom. The second-order valence-electron chi connectivity index (χ2n) is 8.09. The number of aromatic nitrogens is 2. The molecule has 0 aliphatic carbocycles. The maximum Gasteiger partial charge on any atom is 0.483 e. The van der Waals surface area contributed by atoms with E-state index < -0.39 is 89.8 Å². The molecule has 0 bridgehead atoms. The van der Waals surface area contributed by atoms with E-state index in [2.05, 4.69) is 18.3 Å². The van der Waals surface area contributed by atoms with Crippen LogP contribution < -0.4 is 11.4 Å². The van der Waals surface area contributed by atoms with Crippen molar-refractivity contribution in [1.29, 1.82) is 0 Å². The average Bonchev–Trinajstić information content (AvgIpc) is 3.17. The molecule has 21 heteroatoms. The number of hydrogen-bond acceptors (Lipinski definition) is 16. The maximum atomic E-state index is 12.3. The van der Waals surface area contributed by atoms with Gasteiger partial charge < -0.3 is 55.6 Å². The summed E-state index contributed by atoms with van der Waals surface area (Å²) in [4.78, 5) is 35.1. The normalized spacial score (nSPS) is 36.5. The number of phosphoric ester groups is 2. The number of aliphatic hydroxyl groups is 6. The Labute approximate surface area is 207 Å². The van der Waals surface area contributed by atoms with E-state index >= 15 is 0 Å². The van der Waals surface area contributed by atoms with Crippen LogP contribution in [0, 0.1) is 0 Å². The second-order valence-corrected chi connectivity index (χ2v) is 11.1. The van der Waals surface area contributed by atoms with Crippen molar-refractivity contribution in [3.63, 3.8) is 0 Å². The first kappa shape index (κ1) is 30.2. The molecule has 212 valence electrons. The van der Waals surface area contributed by atoms with Crippen LogP contribution in [0.2, 0.25) is 0 Å². The van der Waals surface area contributed by atoms with Crippen LogP contribution in [-0.4, -0.2) is 112 Å². The van der Waals surface area contributed by atoms with Crippen molar-refractivity contribution in [3.8, 4) is 0 Å². The smallest absolute Gasteiger partial charge is 0.394 e. The van der Waals surface area contributed by atoms with Crippen LogP contribution in [0.15, 0.2) is 17.1 Å². The zero-order valence-corrected chi connectivity index (χ0v) is 20.5. The van der Waals surface area contributed by atoms with Gasteiger partial charge in [0.05, 0.1) is 19.3 Å². The Hall–Kier alpha value is -1.38. The Kier molecular flexibility index (Phi) is 9.61. The molecule has 8 unspecified atom stereocenters. The van der Waals surface area contributed by atoms with Gasteiger partial charge in [-0.25, -0.2) is 13.9 Å². The van der Waals surface area contributed by atoms with E-state index in [9.17, 15) is 49.2 Å². The summed E-state index contributed by atoms with van der Waals surface area (Å²) in [6, 6.07) is 1.30. The SMILES string of the molecule is Nc1ccn(C2C[C@H](O)[C@@H](COP(=O)(O)OP(=O)(O)OC3OC([C@@H](O)CO)C(O)C(O)C3O)O2)c(=O)n1. The highest BCUT2D eigenvalue weighted by Crippen LogP contribution is 2.61. The molecule has 3 rings (SSSR count). The van der Waals surface area contributed by atoms with E-state index in [-0.39, 0.29) is 12.2 Å². The number of aliphatic hydroxyl groups excluding tert-OH is 6. The molecule has 37 heavy (non-hydrogen) atoms.